The fraction of sp³-hybridized carbons (Fsp3) is 0.545. The molecule has 1 aromatic rings. The lowest BCUT2D eigenvalue weighted by atomic mass is 10.3. The Morgan fingerprint density at radius 3 is 2.93 bits per heavy atom. The topological polar surface area (TPSA) is 25.4 Å². The molecule has 0 fully saturated rings. The van der Waals surface area contributed by atoms with Gasteiger partial charge < -0.3 is 9.64 Å². The third-order valence-corrected chi connectivity index (χ3v) is 2.31. The summed E-state index contributed by atoms with van der Waals surface area (Å²) in [4.78, 5) is 6.15. The van der Waals surface area contributed by atoms with Crippen LogP contribution in [0.3, 0.4) is 0 Å². The summed E-state index contributed by atoms with van der Waals surface area (Å²) >= 11 is 5.78. The average molecular weight is 229 g/mol. The molecule has 0 aliphatic rings. The number of halogens is 1. The summed E-state index contributed by atoms with van der Waals surface area (Å²) in [6, 6.07) is 1.88. The van der Waals surface area contributed by atoms with E-state index in [-0.39, 0.29) is 0 Å². The minimum Gasteiger partial charge on any atom is -0.492 e. The molecule has 3 nitrogen and oxygen atoms in total. The van der Waals surface area contributed by atoms with Crippen molar-refractivity contribution in [1.29, 1.82) is 0 Å². The zero-order valence-electron chi connectivity index (χ0n) is 9.24. The molecule has 0 aliphatic carbocycles. The highest BCUT2D eigenvalue weighted by Crippen LogP contribution is 2.18. The van der Waals surface area contributed by atoms with E-state index in [1.165, 1.54) is 0 Å². The molecule has 0 N–H and O–H groups in total. The number of hydrogen-bond acceptors (Lipinski definition) is 3. The third-order valence-electron chi connectivity index (χ3n) is 2.02. The van der Waals surface area contributed by atoms with Crippen molar-refractivity contribution in [3.05, 3.63) is 24.0 Å². The van der Waals surface area contributed by atoms with E-state index in [4.69, 9.17) is 16.3 Å². The summed E-state index contributed by atoms with van der Waals surface area (Å²) in [5.41, 5.74) is 0.997. The fourth-order valence-corrected chi connectivity index (χ4v) is 1.43. The first-order valence-corrected chi connectivity index (χ1v) is 5.54. The van der Waals surface area contributed by atoms with Gasteiger partial charge in [0.2, 0.25) is 0 Å². The number of rotatable bonds is 6. The number of nitrogens with zero attached hydrogens (tertiary/aromatic N) is 2. The monoisotopic (exact) mass is 228 g/mol. The van der Waals surface area contributed by atoms with Crippen LogP contribution >= 0.6 is 11.6 Å². The smallest absolute Gasteiger partial charge is 0.141 e. The minimum absolute atomic E-state index is 0.464. The fourth-order valence-electron chi connectivity index (χ4n) is 1.21. The Bertz CT molecular complexity index is 292. The number of alkyl halides is 1. The highest BCUT2D eigenvalue weighted by Gasteiger charge is 2.01. The lowest BCUT2D eigenvalue weighted by molar-refractivity contribution is 0.279. The van der Waals surface area contributed by atoms with E-state index in [2.05, 4.69) is 9.88 Å². The summed E-state index contributed by atoms with van der Waals surface area (Å²) < 4.78 is 5.60. The van der Waals surface area contributed by atoms with Crippen molar-refractivity contribution >= 4 is 11.6 Å². The van der Waals surface area contributed by atoms with E-state index in [9.17, 15) is 0 Å². The maximum Gasteiger partial charge on any atom is 0.141 e. The molecule has 1 heterocycles. The summed E-state index contributed by atoms with van der Waals surface area (Å²) in [5, 5.41) is 0. The van der Waals surface area contributed by atoms with Crippen molar-refractivity contribution in [3.8, 4) is 5.75 Å². The van der Waals surface area contributed by atoms with Crippen LogP contribution in [-0.4, -0.2) is 37.1 Å². The van der Waals surface area contributed by atoms with Crippen LogP contribution in [0.4, 0.5) is 0 Å². The molecular formula is C11H17ClN2O. The average Bonchev–Trinajstić information content (AvgIpc) is 2.24. The number of hydrogen-bond donors (Lipinski definition) is 0. The van der Waals surface area contributed by atoms with Crippen LogP contribution in [0.1, 0.15) is 12.0 Å². The van der Waals surface area contributed by atoms with Crippen LogP contribution in [0.25, 0.3) is 0 Å². The van der Waals surface area contributed by atoms with Crippen LogP contribution in [0.5, 0.6) is 5.75 Å². The maximum absolute atomic E-state index is 5.78. The zero-order chi connectivity index (χ0) is 11.1. The van der Waals surface area contributed by atoms with E-state index in [0.717, 1.165) is 24.3 Å². The Labute approximate surface area is 96.0 Å². The molecule has 0 aliphatic heterocycles. The standard InChI is InChI=1S/C11H17ClN2O/c1-14(2)6-3-7-15-11-9-13-5-4-10(11)8-12/h4-5,9H,3,6-8H2,1-2H3. The first kappa shape index (κ1) is 12.3. The van der Waals surface area contributed by atoms with Crippen molar-refractivity contribution in [1.82, 2.24) is 9.88 Å². The largest absolute Gasteiger partial charge is 0.492 e. The number of aromatic nitrogens is 1. The van der Waals surface area contributed by atoms with Gasteiger partial charge in [-0.3, -0.25) is 4.98 Å². The van der Waals surface area contributed by atoms with Crippen LogP contribution in [0.15, 0.2) is 18.5 Å². The Kier molecular flexibility index (Phi) is 5.43. The van der Waals surface area contributed by atoms with Crippen LogP contribution in [0.2, 0.25) is 0 Å². The van der Waals surface area contributed by atoms with Crippen molar-refractivity contribution in [2.45, 2.75) is 12.3 Å². The van der Waals surface area contributed by atoms with Gasteiger partial charge in [-0.15, -0.1) is 11.6 Å². The van der Waals surface area contributed by atoms with Gasteiger partial charge in [-0.25, -0.2) is 0 Å². The van der Waals surface area contributed by atoms with Gasteiger partial charge in [-0.1, -0.05) is 0 Å². The molecule has 0 saturated heterocycles. The minimum atomic E-state index is 0.464. The van der Waals surface area contributed by atoms with E-state index in [1.54, 1.807) is 12.4 Å². The lowest BCUT2D eigenvalue weighted by Gasteiger charge is -2.11. The molecular weight excluding hydrogens is 212 g/mol. The summed E-state index contributed by atoms with van der Waals surface area (Å²) in [6.45, 7) is 1.73. The maximum atomic E-state index is 5.78. The molecule has 4 heteroatoms. The van der Waals surface area contributed by atoms with Gasteiger partial charge in [0.25, 0.3) is 0 Å². The Hall–Kier alpha value is -0.800. The molecule has 1 rings (SSSR count). The second-order valence-electron chi connectivity index (χ2n) is 3.62. The van der Waals surface area contributed by atoms with Crippen molar-refractivity contribution in [2.24, 2.45) is 0 Å². The molecule has 0 atom stereocenters. The first-order chi connectivity index (χ1) is 7.24. The van der Waals surface area contributed by atoms with Gasteiger partial charge in [-0.05, 0) is 26.6 Å². The first-order valence-electron chi connectivity index (χ1n) is 5.00. The second kappa shape index (κ2) is 6.64. The predicted octanol–water partition coefficient (Wildman–Crippen LogP) is 2.15. The molecule has 0 unspecified atom stereocenters. The van der Waals surface area contributed by atoms with Crippen LogP contribution in [0, 0.1) is 0 Å². The summed E-state index contributed by atoms with van der Waals surface area (Å²) in [5.74, 6) is 1.26. The molecule has 0 radical (unpaired) electrons. The quantitative estimate of drug-likeness (QED) is 0.551. The van der Waals surface area contributed by atoms with Crippen LogP contribution in [-0.2, 0) is 5.88 Å². The van der Waals surface area contributed by atoms with E-state index in [1.807, 2.05) is 20.2 Å². The number of pyridine rings is 1. The Morgan fingerprint density at radius 2 is 2.27 bits per heavy atom. The molecule has 15 heavy (non-hydrogen) atoms. The molecule has 1 aromatic heterocycles. The highest BCUT2D eigenvalue weighted by molar-refractivity contribution is 6.17. The Morgan fingerprint density at radius 1 is 1.47 bits per heavy atom. The SMILES string of the molecule is CN(C)CCCOc1cnccc1CCl. The second-order valence-corrected chi connectivity index (χ2v) is 3.89. The van der Waals surface area contributed by atoms with E-state index < -0.39 is 0 Å². The number of ether oxygens (including phenoxy) is 1. The van der Waals surface area contributed by atoms with Gasteiger partial charge >= 0.3 is 0 Å². The molecule has 0 bridgehead atoms. The van der Waals surface area contributed by atoms with Gasteiger partial charge in [-0.2, -0.15) is 0 Å². The third kappa shape index (κ3) is 4.49. The van der Waals surface area contributed by atoms with Gasteiger partial charge in [0.1, 0.15) is 5.75 Å². The van der Waals surface area contributed by atoms with Gasteiger partial charge in [0.05, 0.1) is 18.7 Å². The van der Waals surface area contributed by atoms with E-state index >= 15 is 0 Å². The Balaban J connectivity index is 2.36. The van der Waals surface area contributed by atoms with Crippen molar-refractivity contribution in [2.75, 3.05) is 27.2 Å². The molecule has 0 amide bonds. The zero-order valence-corrected chi connectivity index (χ0v) is 10.00. The predicted molar refractivity (Wildman–Crippen MR) is 62.5 cm³/mol. The highest BCUT2D eigenvalue weighted by atomic mass is 35.5. The van der Waals surface area contributed by atoms with Crippen molar-refractivity contribution < 1.29 is 4.74 Å². The van der Waals surface area contributed by atoms with Crippen LogP contribution < -0.4 is 4.74 Å². The molecule has 84 valence electrons. The molecule has 0 saturated carbocycles. The van der Waals surface area contributed by atoms with Crippen molar-refractivity contribution in [3.63, 3.8) is 0 Å². The summed E-state index contributed by atoms with van der Waals surface area (Å²) in [6.07, 6.45) is 4.45. The van der Waals surface area contributed by atoms with Gasteiger partial charge in [0.15, 0.2) is 0 Å². The van der Waals surface area contributed by atoms with E-state index in [0.29, 0.717) is 12.5 Å². The van der Waals surface area contributed by atoms with Gasteiger partial charge in [0, 0.05) is 18.3 Å². The molecule has 0 aromatic carbocycles. The lowest BCUT2D eigenvalue weighted by Crippen LogP contribution is -2.15. The summed E-state index contributed by atoms with van der Waals surface area (Å²) in [7, 11) is 4.10. The normalized spacial score (nSPS) is 10.7. The molecule has 0 spiro atoms.